The second kappa shape index (κ2) is 6.25. The van der Waals surface area contributed by atoms with E-state index in [1.54, 1.807) is 0 Å². The molecule has 1 aromatic carbocycles. The molecule has 0 saturated heterocycles. The molecule has 0 aliphatic carbocycles. The molecule has 4 nitrogen and oxygen atoms in total. The summed E-state index contributed by atoms with van der Waals surface area (Å²) in [5, 5.41) is 7.44. The van der Waals surface area contributed by atoms with E-state index in [-0.39, 0.29) is 5.84 Å². The Morgan fingerprint density at radius 1 is 1.38 bits per heavy atom. The third-order valence-corrected chi connectivity index (χ3v) is 2.25. The first-order valence-electron chi connectivity index (χ1n) is 5.26. The number of hydrogen-bond acceptors (Lipinski definition) is 3. The minimum absolute atomic E-state index is 0.0896. The fourth-order valence-corrected chi connectivity index (χ4v) is 1.34. The molecule has 88 valence electrons. The number of likely N-dealkylation sites (N-methyl/N-ethyl adjacent to an activating group) is 1. The quantitative estimate of drug-likeness (QED) is 0.429. The van der Waals surface area contributed by atoms with Crippen LogP contribution in [0.25, 0.3) is 0 Å². The van der Waals surface area contributed by atoms with Crippen LogP contribution in [0.15, 0.2) is 24.3 Å². The molecule has 0 radical (unpaired) electrons. The van der Waals surface area contributed by atoms with Crippen LogP contribution in [-0.2, 0) is 11.3 Å². The lowest BCUT2D eigenvalue weighted by Gasteiger charge is -2.11. The van der Waals surface area contributed by atoms with Gasteiger partial charge < -0.3 is 15.4 Å². The molecule has 0 fully saturated rings. The molecule has 0 bridgehead atoms. The second-order valence-electron chi connectivity index (χ2n) is 3.93. The number of rotatable bonds is 6. The van der Waals surface area contributed by atoms with Gasteiger partial charge in [-0.1, -0.05) is 24.3 Å². The number of ether oxygens (including phenoxy) is 1. The van der Waals surface area contributed by atoms with Gasteiger partial charge in [0.05, 0.1) is 13.2 Å². The Bertz CT molecular complexity index is 350. The Morgan fingerprint density at radius 2 is 2.06 bits per heavy atom. The highest BCUT2D eigenvalue weighted by atomic mass is 16.5. The monoisotopic (exact) mass is 221 g/mol. The number of amidine groups is 1. The molecule has 1 rings (SSSR count). The number of nitrogen functional groups attached to an aromatic ring is 1. The van der Waals surface area contributed by atoms with Crippen LogP contribution in [0.3, 0.4) is 0 Å². The van der Waals surface area contributed by atoms with Crippen molar-refractivity contribution in [2.24, 2.45) is 5.73 Å². The second-order valence-corrected chi connectivity index (χ2v) is 3.93. The van der Waals surface area contributed by atoms with Crippen LogP contribution >= 0.6 is 0 Å². The maximum absolute atomic E-state index is 7.44. The summed E-state index contributed by atoms with van der Waals surface area (Å²) in [5.41, 5.74) is 7.21. The largest absolute Gasteiger partial charge is 0.384 e. The van der Waals surface area contributed by atoms with Gasteiger partial charge in [0, 0.05) is 12.1 Å². The van der Waals surface area contributed by atoms with Crippen LogP contribution in [0.4, 0.5) is 0 Å². The number of nitrogens with zero attached hydrogens (tertiary/aromatic N) is 1. The fourth-order valence-electron chi connectivity index (χ4n) is 1.34. The zero-order chi connectivity index (χ0) is 12.0. The summed E-state index contributed by atoms with van der Waals surface area (Å²) in [6, 6.07) is 7.58. The molecule has 0 spiro atoms. The first-order chi connectivity index (χ1) is 7.61. The lowest BCUT2D eigenvalue weighted by molar-refractivity contribution is 0.105. The topological polar surface area (TPSA) is 62.3 Å². The normalized spacial score (nSPS) is 10.7. The molecule has 0 atom stereocenters. The summed E-state index contributed by atoms with van der Waals surface area (Å²) in [4.78, 5) is 2.07. The van der Waals surface area contributed by atoms with Gasteiger partial charge in [0.2, 0.25) is 0 Å². The molecule has 1 aromatic rings. The van der Waals surface area contributed by atoms with Gasteiger partial charge in [-0.25, -0.2) is 0 Å². The predicted molar refractivity (Wildman–Crippen MR) is 65.7 cm³/mol. The van der Waals surface area contributed by atoms with E-state index in [9.17, 15) is 0 Å². The van der Waals surface area contributed by atoms with Crippen molar-refractivity contribution < 1.29 is 4.74 Å². The number of hydrogen-bond donors (Lipinski definition) is 2. The van der Waals surface area contributed by atoms with Gasteiger partial charge in [0.1, 0.15) is 5.84 Å². The van der Waals surface area contributed by atoms with Gasteiger partial charge >= 0.3 is 0 Å². The molecule has 3 N–H and O–H groups in total. The lowest BCUT2D eigenvalue weighted by Crippen LogP contribution is -2.19. The van der Waals surface area contributed by atoms with E-state index in [0.29, 0.717) is 13.2 Å². The number of benzene rings is 1. The third kappa shape index (κ3) is 4.00. The van der Waals surface area contributed by atoms with Crippen LogP contribution in [0.2, 0.25) is 0 Å². The van der Waals surface area contributed by atoms with Crippen LogP contribution < -0.4 is 5.73 Å². The summed E-state index contributed by atoms with van der Waals surface area (Å²) in [6.45, 7) is 2.07. The first-order valence-corrected chi connectivity index (χ1v) is 5.26. The zero-order valence-electron chi connectivity index (χ0n) is 9.86. The van der Waals surface area contributed by atoms with Crippen molar-refractivity contribution in [3.05, 3.63) is 35.4 Å². The molecule has 0 aliphatic rings. The van der Waals surface area contributed by atoms with Crippen LogP contribution in [0, 0.1) is 5.41 Å². The van der Waals surface area contributed by atoms with Crippen molar-refractivity contribution in [3.63, 3.8) is 0 Å². The standard InChI is InChI=1S/C12H19N3O/c1-15(2)7-8-16-9-10-5-3-4-6-11(10)12(13)14/h3-6H,7-9H2,1-2H3,(H3,13,14). The SMILES string of the molecule is CN(C)CCOCc1ccccc1C(=N)N. The molecular weight excluding hydrogens is 202 g/mol. The van der Waals surface area contributed by atoms with E-state index in [0.717, 1.165) is 17.7 Å². The van der Waals surface area contributed by atoms with Gasteiger partial charge in [-0.2, -0.15) is 0 Å². The summed E-state index contributed by atoms with van der Waals surface area (Å²) in [5.74, 6) is 0.0896. The van der Waals surface area contributed by atoms with Crippen LogP contribution in [-0.4, -0.2) is 38.0 Å². The molecule has 0 saturated carbocycles. The Hall–Kier alpha value is -1.39. The minimum Gasteiger partial charge on any atom is -0.384 e. The van der Waals surface area contributed by atoms with Crippen molar-refractivity contribution >= 4 is 5.84 Å². The molecular formula is C12H19N3O. The van der Waals surface area contributed by atoms with Crippen LogP contribution in [0.1, 0.15) is 11.1 Å². The van der Waals surface area contributed by atoms with Crippen molar-refractivity contribution in [1.82, 2.24) is 4.90 Å². The van der Waals surface area contributed by atoms with Crippen LogP contribution in [0.5, 0.6) is 0 Å². The molecule has 0 heterocycles. The molecule has 0 amide bonds. The van der Waals surface area contributed by atoms with E-state index in [1.807, 2.05) is 38.4 Å². The summed E-state index contributed by atoms with van der Waals surface area (Å²) in [6.07, 6.45) is 0. The van der Waals surface area contributed by atoms with Gasteiger partial charge in [-0.3, -0.25) is 5.41 Å². The number of nitrogens with two attached hydrogens (primary N) is 1. The fraction of sp³-hybridized carbons (Fsp3) is 0.417. The summed E-state index contributed by atoms with van der Waals surface area (Å²) in [7, 11) is 4.01. The Labute approximate surface area is 96.5 Å². The molecule has 0 unspecified atom stereocenters. The average molecular weight is 221 g/mol. The maximum Gasteiger partial charge on any atom is 0.123 e. The Balaban J connectivity index is 2.50. The molecule has 0 aromatic heterocycles. The van der Waals surface area contributed by atoms with Crippen molar-refractivity contribution in [2.45, 2.75) is 6.61 Å². The van der Waals surface area contributed by atoms with Crippen molar-refractivity contribution in [2.75, 3.05) is 27.2 Å². The van der Waals surface area contributed by atoms with E-state index in [4.69, 9.17) is 15.9 Å². The smallest absolute Gasteiger partial charge is 0.123 e. The minimum atomic E-state index is 0.0896. The average Bonchev–Trinajstić information content (AvgIpc) is 2.24. The third-order valence-electron chi connectivity index (χ3n) is 2.25. The van der Waals surface area contributed by atoms with Crippen molar-refractivity contribution in [3.8, 4) is 0 Å². The predicted octanol–water partition coefficient (Wildman–Crippen LogP) is 1.05. The summed E-state index contributed by atoms with van der Waals surface area (Å²) < 4.78 is 5.53. The Kier molecular flexibility index (Phi) is 4.95. The first kappa shape index (κ1) is 12.7. The zero-order valence-corrected chi connectivity index (χ0v) is 9.86. The molecule has 0 aliphatic heterocycles. The van der Waals surface area contributed by atoms with Gasteiger partial charge in [-0.15, -0.1) is 0 Å². The van der Waals surface area contributed by atoms with E-state index in [1.165, 1.54) is 0 Å². The van der Waals surface area contributed by atoms with E-state index in [2.05, 4.69) is 4.90 Å². The summed E-state index contributed by atoms with van der Waals surface area (Å²) >= 11 is 0. The highest BCUT2D eigenvalue weighted by Gasteiger charge is 2.03. The molecule has 4 heteroatoms. The highest BCUT2D eigenvalue weighted by molar-refractivity contribution is 5.96. The van der Waals surface area contributed by atoms with E-state index >= 15 is 0 Å². The lowest BCUT2D eigenvalue weighted by atomic mass is 10.1. The van der Waals surface area contributed by atoms with Gasteiger partial charge in [-0.05, 0) is 19.7 Å². The van der Waals surface area contributed by atoms with Gasteiger partial charge in [0.25, 0.3) is 0 Å². The Morgan fingerprint density at radius 3 is 2.69 bits per heavy atom. The maximum atomic E-state index is 7.44. The van der Waals surface area contributed by atoms with E-state index < -0.39 is 0 Å². The number of nitrogens with one attached hydrogen (secondary N) is 1. The molecule has 16 heavy (non-hydrogen) atoms. The van der Waals surface area contributed by atoms with Gasteiger partial charge in [0.15, 0.2) is 0 Å². The van der Waals surface area contributed by atoms with Crippen molar-refractivity contribution in [1.29, 1.82) is 5.41 Å². The highest BCUT2D eigenvalue weighted by Crippen LogP contribution is 2.09.